The number of amides is 1. The van der Waals surface area contributed by atoms with Crippen LogP contribution < -0.4 is 5.32 Å². The lowest BCUT2D eigenvalue weighted by molar-refractivity contribution is -0.133. The molecule has 4 heteroatoms. The lowest BCUT2D eigenvalue weighted by Gasteiger charge is -2.49. The van der Waals surface area contributed by atoms with Crippen LogP contribution in [-0.4, -0.2) is 62.0 Å². The summed E-state index contributed by atoms with van der Waals surface area (Å²) in [5.41, 5.74) is 0.248. The molecule has 4 nitrogen and oxygen atoms in total. The van der Waals surface area contributed by atoms with E-state index in [1.165, 1.54) is 19.3 Å². The molecule has 1 unspecified atom stereocenters. The van der Waals surface area contributed by atoms with Gasteiger partial charge in [-0.2, -0.15) is 0 Å². The summed E-state index contributed by atoms with van der Waals surface area (Å²) in [7, 11) is 6.24. The number of carbonyl (C=O) groups excluding carboxylic acids is 1. The molecule has 0 spiro atoms. The van der Waals surface area contributed by atoms with Gasteiger partial charge in [-0.15, -0.1) is 0 Å². The summed E-state index contributed by atoms with van der Waals surface area (Å²) >= 11 is 0. The van der Waals surface area contributed by atoms with Crippen LogP contribution in [0.5, 0.6) is 0 Å². The van der Waals surface area contributed by atoms with Gasteiger partial charge in [0.05, 0.1) is 0 Å². The topological polar surface area (TPSA) is 35.6 Å². The maximum Gasteiger partial charge on any atom is 0.222 e. The molecule has 2 rings (SSSR count). The van der Waals surface area contributed by atoms with Gasteiger partial charge in [-0.3, -0.25) is 4.79 Å². The van der Waals surface area contributed by atoms with E-state index in [-0.39, 0.29) is 5.54 Å². The highest BCUT2D eigenvalue weighted by Gasteiger charge is 2.40. The minimum atomic E-state index is 0.248. The Morgan fingerprint density at radius 3 is 2.50 bits per heavy atom. The van der Waals surface area contributed by atoms with Crippen molar-refractivity contribution in [1.82, 2.24) is 15.1 Å². The molecule has 1 saturated heterocycles. The number of likely N-dealkylation sites (N-methyl/N-ethyl adjacent to an activating group) is 2. The molecule has 2 aliphatic rings. The molecule has 1 atom stereocenters. The van der Waals surface area contributed by atoms with Gasteiger partial charge in [0.25, 0.3) is 0 Å². The first-order valence-corrected chi connectivity index (χ1v) is 7.16. The van der Waals surface area contributed by atoms with Crippen molar-refractivity contribution >= 4 is 5.91 Å². The van der Waals surface area contributed by atoms with Crippen LogP contribution in [0.2, 0.25) is 0 Å². The molecule has 1 saturated carbocycles. The SMILES string of the molecule is CN(CC1(N(C)C)CCC1)C(=O)CC1CCNC1. The lowest BCUT2D eigenvalue weighted by atomic mass is 9.75. The van der Waals surface area contributed by atoms with Gasteiger partial charge in [0.15, 0.2) is 0 Å². The summed E-state index contributed by atoms with van der Waals surface area (Å²) in [5, 5.41) is 3.33. The predicted molar refractivity (Wildman–Crippen MR) is 73.5 cm³/mol. The normalized spacial score (nSPS) is 26.1. The van der Waals surface area contributed by atoms with Crippen LogP contribution in [0, 0.1) is 5.92 Å². The van der Waals surface area contributed by atoms with E-state index in [2.05, 4.69) is 24.3 Å². The summed E-state index contributed by atoms with van der Waals surface area (Å²) in [4.78, 5) is 16.5. The van der Waals surface area contributed by atoms with Crippen molar-refractivity contribution in [3.05, 3.63) is 0 Å². The molecular weight excluding hydrogens is 226 g/mol. The van der Waals surface area contributed by atoms with Gasteiger partial charge >= 0.3 is 0 Å². The molecule has 18 heavy (non-hydrogen) atoms. The number of hydrogen-bond donors (Lipinski definition) is 1. The fourth-order valence-electron chi connectivity index (χ4n) is 3.15. The van der Waals surface area contributed by atoms with E-state index in [9.17, 15) is 4.79 Å². The van der Waals surface area contributed by atoms with Gasteiger partial charge in [-0.25, -0.2) is 0 Å². The summed E-state index contributed by atoms with van der Waals surface area (Å²) in [6, 6.07) is 0. The molecular formula is C14H27N3O. The number of nitrogens with zero attached hydrogens (tertiary/aromatic N) is 2. The molecule has 2 fully saturated rings. The van der Waals surface area contributed by atoms with Crippen LogP contribution in [0.15, 0.2) is 0 Å². The molecule has 0 aromatic carbocycles. The molecule has 0 bridgehead atoms. The fraction of sp³-hybridized carbons (Fsp3) is 0.929. The van der Waals surface area contributed by atoms with Crippen LogP contribution in [0.1, 0.15) is 32.1 Å². The van der Waals surface area contributed by atoms with Crippen molar-refractivity contribution in [3.63, 3.8) is 0 Å². The largest absolute Gasteiger partial charge is 0.344 e. The van der Waals surface area contributed by atoms with Crippen molar-refractivity contribution in [2.24, 2.45) is 5.92 Å². The van der Waals surface area contributed by atoms with Crippen LogP contribution in [0.25, 0.3) is 0 Å². The Morgan fingerprint density at radius 1 is 1.33 bits per heavy atom. The average Bonchev–Trinajstić information content (AvgIpc) is 2.75. The van der Waals surface area contributed by atoms with E-state index in [1.54, 1.807) is 0 Å². The summed E-state index contributed by atoms with van der Waals surface area (Å²) in [6.45, 7) is 2.97. The molecule has 1 aliphatic carbocycles. The van der Waals surface area contributed by atoms with Crippen LogP contribution >= 0.6 is 0 Å². The van der Waals surface area contributed by atoms with E-state index < -0.39 is 0 Å². The summed E-state index contributed by atoms with van der Waals surface area (Å²) in [5.74, 6) is 0.869. The highest BCUT2D eigenvalue weighted by molar-refractivity contribution is 5.76. The Morgan fingerprint density at radius 2 is 2.06 bits per heavy atom. The van der Waals surface area contributed by atoms with Gasteiger partial charge in [0.1, 0.15) is 0 Å². The summed E-state index contributed by atoms with van der Waals surface area (Å²) in [6.07, 6.45) is 5.61. The minimum Gasteiger partial charge on any atom is -0.344 e. The van der Waals surface area contributed by atoms with E-state index in [0.717, 1.165) is 26.1 Å². The van der Waals surface area contributed by atoms with Crippen molar-refractivity contribution in [3.8, 4) is 0 Å². The minimum absolute atomic E-state index is 0.248. The van der Waals surface area contributed by atoms with E-state index in [0.29, 0.717) is 18.2 Å². The molecule has 0 aromatic rings. The third-order valence-electron chi connectivity index (χ3n) is 4.82. The second-order valence-corrected chi connectivity index (χ2v) is 6.29. The number of nitrogens with one attached hydrogen (secondary N) is 1. The van der Waals surface area contributed by atoms with Gasteiger partial charge in [-0.05, 0) is 58.8 Å². The Kier molecular flexibility index (Phi) is 4.28. The van der Waals surface area contributed by atoms with Crippen molar-refractivity contribution in [2.75, 3.05) is 40.8 Å². The van der Waals surface area contributed by atoms with Crippen LogP contribution in [-0.2, 0) is 4.79 Å². The lowest BCUT2D eigenvalue weighted by Crippen LogP contribution is -2.57. The Hall–Kier alpha value is -0.610. The standard InChI is InChI=1S/C14H27N3O/c1-16(2)14(6-4-7-14)11-17(3)13(18)9-12-5-8-15-10-12/h12,15H,4-11H2,1-3H3. The Bertz CT molecular complexity index is 293. The van der Waals surface area contributed by atoms with E-state index in [4.69, 9.17) is 0 Å². The molecule has 0 radical (unpaired) electrons. The van der Waals surface area contributed by atoms with E-state index >= 15 is 0 Å². The van der Waals surface area contributed by atoms with Gasteiger partial charge in [0.2, 0.25) is 5.91 Å². The quantitative estimate of drug-likeness (QED) is 0.792. The second kappa shape index (κ2) is 5.57. The average molecular weight is 253 g/mol. The molecule has 104 valence electrons. The second-order valence-electron chi connectivity index (χ2n) is 6.29. The smallest absolute Gasteiger partial charge is 0.222 e. The monoisotopic (exact) mass is 253 g/mol. The van der Waals surface area contributed by atoms with Crippen LogP contribution in [0.3, 0.4) is 0 Å². The van der Waals surface area contributed by atoms with Crippen molar-refractivity contribution < 1.29 is 4.79 Å². The molecule has 0 aromatic heterocycles. The molecule has 1 N–H and O–H groups in total. The fourth-order valence-corrected chi connectivity index (χ4v) is 3.15. The third kappa shape index (κ3) is 2.86. The number of carbonyl (C=O) groups is 1. The van der Waals surface area contributed by atoms with Crippen LogP contribution in [0.4, 0.5) is 0 Å². The van der Waals surface area contributed by atoms with Gasteiger partial charge in [-0.1, -0.05) is 0 Å². The Labute approximate surface area is 111 Å². The third-order valence-corrected chi connectivity index (χ3v) is 4.82. The molecule has 1 aliphatic heterocycles. The van der Waals surface area contributed by atoms with Crippen molar-refractivity contribution in [1.29, 1.82) is 0 Å². The van der Waals surface area contributed by atoms with Crippen molar-refractivity contribution in [2.45, 2.75) is 37.6 Å². The maximum atomic E-state index is 12.2. The first-order valence-electron chi connectivity index (χ1n) is 7.16. The zero-order valence-electron chi connectivity index (χ0n) is 12.0. The first-order chi connectivity index (χ1) is 8.53. The zero-order chi connectivity index (χ0) is 13.2. The predicted octanol–water partition coefficient (Wildman–Crippen LogP) is 0.929. The van der Waals surface area contributed by atoms with Gasteiger partial charge < -0.3 is 15.1 Å². The first kappa shape index (κ1) is 13.8. The highest BCUT2D eigenvalue weighted by atomic mass is 16.2. The zero-order valence-corrected chi connectivity index (χ0v) is 12.0. The van der Waals surface area contributed by atoms with E-state index in [1.807, 2.05) is 11.9 Å². The highest BCUT2D eigenvalue weighted by Crippen LogP contribution is 2.36. The molecule has 1 amide bonds. The number of rotatable bonds is 5. The maximum absolute atomic E-state index is 12.2. The number of hydrogen-bond acceptors (Lipinski definition) is 3. The van der Waals surface area contributed by atoms with Gasteiger partial charge in [0, 0.05) is 25.6 Å². The summed E-state index contributed by atoms with van der Waals surface area (Å²) < 4.78 is 0. The Balaban J connectivity index is 1.82. The molecule has 1 heterocycles.